The van der Waals surface area contributed by atoms with Gasteiger partial charge in [0.1, 0.15) is 0 Å². The number of hydrogen-bond acceptors (Lipinski definition) is 4. The first-order chi connectivity index (χ1) is 9.76. The third-order valence-electron chi connectivity index (χ3n) is 4.41. The maximum Gasteiger partial charge on any atom is 0.0555 e. The lowest BCUT2D eigenvalue weighted by Gasteiger charge is -2.42. The Balaban J connectivity index is 1.63. The van der Waals surface area contributed by atoms with Crippen LogP contribution >= 0.6 is 11.3 Å². The Bertz CT molecular complexity index is 513. The molecule has 20 heavy (non-hydrogen) atoms. The first-order valence-electron chi connectivity index (χ1n) is 7.50. The fourth-order valence-corrected chi connectivity index (χ4v) is 4.19. The smallest absolute Gasteiger partial charge is 0.0555 e. The second-order valence-corrected chi connectivity index (χ2v) is 6.87. The van der Waals surface area contributed by atoms with E-state index in [0.717, 1.165) is 18.2 Å². The minimum Gasteiger partial charge on any atom is -0.320 e. The summed E-state index contributed by atoms with van der Waals surface area (Å²) in [5, 5.41) is 2.15. The lowest BCUT2D eigenvalue weighted by molar-refractivity contribution is 0.0547. The highest BCUT2D eigenvalue weighted by atomic mass is 32.1. The summed E-state index contributed by atoms with van der Waals surface area (Å²) < 4.78 is 0. The van der Waals surface area contributed by atoms with Gasteiger partial charge >= 0.3 is 0 Å². The number of nitrogens with two attached hydrogens (primary N) is 1. The van der Waals surface area contributed by atoms with Crippen LogP contribution < -0.4 is 5.73 Å². The van der Waals surface area contributed by atoms with Crippen molar-refractivity contribution in [3.05, 3.63) is 21.9 Å². The number of nitrogens with zero attached hydrogens (tertiary/aromatic N) is 2. The van der Waals surface area contributed by atoms with Crippen LogP contribution in [0.4, 0.5) is 0 Å². The largest absolute Gasteiger partial charge is 0.320 e. The van der Waals surface area contributed by atoms with Gasteiger partial charge in [0, 0.05) is 47.5 Å². The second-order valence-electron chi connectivity index (χ2n) is 5.88. The number of fused-ring (bicyclic) bond motifs is 1. The first-order valence-corrected chi connectivity index (χ1v) is 8.38. The Morgan fingerprint density at radius 1 is 1.45 bits per heavy atom. The Hall–Kier alpha value is -0.860. The summed E-state index contributed by atoms with van der Waals surface area (Å²) in [4.78, 5) is 6.73. The summed E-state index contributed by atoms with van der Waals surface area (Å²) >= 11 is 1.82. The zero-order valence-electron chi connectivity index (χ0n) is 12.1. The van der Waals surface area contributed by atoms with Crippen LogP contribution in [-0.4, -0.2) is 48.1 Å². The molecule has 0 aliphatic carbocycles. The van der Waals surface area contributed by atoms with Gasteiger partial charge in [-0.1, -0.05) is 11.8 Å². The Morgan fingerprint density at radius 2 is 2.35 bits per heavy atom. The van der Waals surface area contributed by atoms with Crippen molar-refractivity contribution < 1.29 is 0 Å². The highest BCUT2D eigenvalue weighted by Gasteiger charge is 2.34. The summed E-state index contributed by atoms with van der Waals surface area (Å²) in [5.74, 6) is 6.04. The standard InChI is InChI=1S/C16H23N3S/c1-13-9-18-7-3-5-15(18)10-19(13)11-16-8-14(12-20-16)4-2-6-17/h8,12-13,15H,3,5-7,9-11,17H2,1H3. The Kier molecular flexibility index (Phi) is 4.42. The van der Waals surface area contributed by atoms with Gasteiger partial charge in [0.15, 0.2) is 0 Å². The molecule has 0 aromatic carbocycles. The van der Waals surface area contributed by atoms with Gasteiger partial charge < -0.3 is 5.73 Å². The second kappa shape index (κ2) is 6.28. The monoisotopic (exact) mass is 289 g/mol. The van der Waals surface area contributed by atoms with E-state index in [1.165, 1.54) is 37.4 Å². The first kappa shape index (κ1) is 14.1. The van der Waals surface area contributed by atoms with Crippen LogP contribution in [0.1, 0.15) is 30.2 Å². The molecule has 4 heteroatoms. The fraction of sp³-hybridized carbons (Fsp3) is 0.625. The molecule has 2 fully saturated rings. The fourth-order valence-electron chi connectivity index (χ4n) is 3.35. The van der Waals surface area contributed by atoms with Gasteiger partial charge in [-0.05, 0) is 32.4 Å². The third-order valence-corrected chi connectivity index (χ3v) is 5.34. The van der Waals surface area contributed by atoms with Crippen LogP contribution in [0, 0.1) is 11.8 Å². The van der Waals surface area contributed by atoms with Crippen molar-refractivity contribution in [1.82, 2.24) is 9.80 Å². The van der Waals surface area contributed by atoms with Crippen molar-refractivity contribution in [2.45, 2.75) is 38.4 Å². The molecule has 0 saturated carbocycles. The molecule has 2 N–H and O–H groups in total. The molecule has 2 aliphatic rings. The van der Waals surface area contributed by atoms with Crippen LogP contribution in [-0.2, 0) is 6.54 Å². The molecule has 3 nitrogen and oxygen atoms in total. The predicted molar refractivity (Wildman–Crippen MR) is 84.7 cm³/mol. The van der Waals surface area contributed by atoms with Crippen molar-refractivity contribution in [3.8, 4) is 11.8 Å². The van der Waals surface area contributed by atoms with Gasteiger partial charge in [0.2, 0.25) is 0 Å². The molecule has 0 bridgehead atoms. The van der Waals surface area contributed by atoms with Crippen molar-refractivity contribution >= 4 is 11.3 Å². The molecule has 1 aromatic rings. The number of hydrogen-bond donors (Lipinski definition) is 1. The minimum absolute atomic E-state index is 0.436. The van der Waals surface area contributed by atoms with E-state index < -0.39 is 0 Å². The number of piperazine rings is 1. The zero-order chi connectivity index (χ0) is 13.9. The molecule has 2 unspecified atom stereocenters. The number of rotatable bonds is 2. The van der Waals surface area contributed by atoms with Gasteiger partial charge in [0.25, 0.3) is 0 Å². The molecule has 2 aliphatic heterocycles. The normalized spacial score (nSPS) is 27.1. The maximum atomic E-state index is 5.42. The molecule has 2 saturated heterocycles. The molecule has 0 radical (unpaired) electrons. The minimum atomic E-state index is 0.436. The van der Waals surface area contributed by atoms with Gasteiger partial charge in [0.05, 0.1) is 6.54 Å². The van der Waals surface area contributed by atoms with Gasteiger partial charge in [-0.15, -0.1) is 11.3 Å². The SMILES string of the molecule is CC1CN2CCCC2CN1Cc1cc(C#CCN)cs1. The van der Waals surface area contributed by atoms with E-state index in [-0.39, 0.29) is 0 Å². The van der Waals surface area contributed by atoms with Crippen LogP contribution in [0.25, 0.3) is 0 Å². The van der Waals surface area contributed by atoms with Crippen LogP contribution in [0.3, 0.4) is 0 Å². The van der Waals surface area contributed by atoms with Gasteiger partial charge in [-0.3, -0.25) is 9.80 Å². The Labute approximate surface area is 125 Å². The molecule has 108 valence electrons. The highest BCUT2D eigenvalue weighted by molar-refractivity contribution is 7.10. The van der Waals surface area contributed by atoms with Crippen LogP contribution in [0.15, 0.2) is 11.4 Å². The van der Waals surface area contributed by atoms with Crippen molar-refractivity contribution in [2.24, 2.45) is 5.73 Å². The third kappa shape index (κ3) is 3.07. The molecule has 1 aromatic heterocycles. The van der Waals surface area contributed by atoms with Gasteiger partial charge in [-0.25, -0.2) is 0 Å². The van der Waals surface area contributed by atoms with Crippen molar-refractivity contribution in [1.29, 1.82) is 0 Å². The van der Waals surface area contributed by atoms with E-state index in [1.54, 1.807) is 0 Å². The molecule has 0 spiro atoms. The lowest BCUT2D eigenvalue weighted by atomic mass is 10.1. The number of thiophene rings is 1. The maximum absolute atomic E-state index is 5.42. The van der Waals surface area contributed by atoms with E-state index in [9.17, 15) is 0 Å². The van der Waals surface area contributed by atoms with Crippen LogP contribution in [0.2, 0.25) is 0 Å². The summed E-state index contributed by atoms with van der Waals surface area (Å²) in [6.07, 6.45) is 2.75. The quantitative estimate of drug-likeness (QED) is 0.842. The molecule has 3 rings (SSSR count). The van der Waals surface area contributed by atoms with Crippen molar-refractivity contribution in [2.75, 3.05) is 26.2 Å². The van der Waals surface area contributed by atoms with Gasteiger partial charge in [-0.2, -0.15) is 0 Å². The van der Waals surface area contributed by atoms with Crippen molar-refractivity contribution in [3.63, 3.8) is 0 Å². The summed E-state index contributed by atoms with van der Waals surface area (Å²) in [7, 11) is 0. The summed E-state index contributed by atoms with van der Waals surface area (Å²) in [6.45, 7) is 7.63. The Morgan fingerprint density at radius 3 is 3.20 bits per heavy atom. The molecular formula is C16H23N3S. The van der Waals surface area contributed by atoms with E-state index in [4.69, 9.17) is 5.73 Å². The molecule has 3 heterocycles. The topological polar surface area (TPSA) is 32.5 Å². The van der Waals surface area contributed by atoms with E-state index in [0.29, 0.717) is 12.6 Å². The van der Waals surface area contributed by atoms with Crippen LogP contribution in [0.5, 0.6) is 0 Å². The average Bonchev–Trinajstić information content (AvgIpc) is 3.06. The lowest BCUT2D eigenvalue weighted by Crippen LogP contribution is -2.54. The highest BCUT2D eigenvalue weighted by Crippen LogP contribution is 2.26. The average molecular weight is 289 g/mol. The molecular weight excluding hydrogens is 266 g/mol. The van der Waals surface area contributed by atoms with E-state index >= 15 is 0 Å². The summed E-state index contributed by atoms with van der Waals surface area (Å²) in [5.41, 5.74) is 6.53. The van der Waals surface area contributed by atoms with E-state index in [2.05, 4.69) is 40.0 Å². The zero-order valence-corrected chi connectivity index (χ0v) is 13.0. The summed E-state index contributed by atoms with van der Waals surface area (Å²) in [6, 6.07) is 3.67. The molecule has 2 atom stereocenters. The predicted octanol–water partition coefficient (Wildman–Crippen LogP) is 1.73. The molecule has 0 amide bonds. The van der Waals surface area contributed by atoms with E-state index in [1.807, 2.05) is 11.3 Å².